The van der Waals surface area contributed by atoms with E-state index in [4.69, 9.17) is 11.2 Å². The zero-order chi connectivity index (χ0) is 32.4. The minimum atomic E-state index is -2.99. The average molecular weight is 635 g/mol. The quantitative estimate of drug-likeness (QED) is 0.213. The van der Waals surface area contributed by atoms with Crippen LogP contribution < -0.4 is 15.0 Å². The van der Waals surface area contributed by atoms with Gasteiger partial charge in [-0.1, -0.05) is 18.9 Å². The van der Waals surface area contributed by atoms with Crippen LogP contribution >= 0.6 is 0 Å². The van der Waals surface area contributed by atoms with E-state index >= 15 is 13.2 Å². The molecule has 4 aromatic rings. The lowest BCUT2D eigenvalue weighted by atomic mass is 9.79. The molecular weight excluding hydrogens is 600 g/mol. The average Bonchev–Trinajstić information content (AvgIpc) is 3.38. The number of ether oxygens (including phenoxy) is 1. The number of anilines is 1. The molecule has 0 unspecified atom stereocenters. The van der Waals surface area contributed by atoms with Gasteiger partial charge in [-0.25, -0.2) is 17.6 Å². The highest BCUT2D eigenvalue weighted by molar-refractivity contribution is 6.03. The van der Waals surface area contributed by atoms with Crippen LogP contribution in [0, 0.1) is 29.4 Å². The van der Waals surface area contributed by atoms with Gasteiger partial charge < -0.3 is 25.0 Å². The molecule has 0 radical (unpaired) electrons. The number of benzene rings is 2. The monoisotopic (exact) mass is 634 g/mol. The van der Waals surface area contributed by atoms with E-state index in [0.717, 1.165) is 12.8 Å². The Balaban J connectivity index is 1.37. The number of piperidine rings is 1. The van der Waals surface area contributed by atoms with Crippen molar-refractivity contribution in [3.05, 3.63) is 47.7 Å². The highest BCUT2D eigenvalue weighted by Crippen LogP contribution is 2.44. The van der Waals surface area contributed by atoms with E-state index in [9.17, 15) is 9.50 Å². The first-order valence-electron chi connectivity index (χ1n) is 15.5. The van der Waals surface area contributed by atoms with Crippen LogP contribution in [0.5, 0.6) is 11.8 Å². The standard InChI is InChI=1S/C34H34F4N6O2/c1-4-23-26(35)9-6-19-12-22(45)13-24(27(19)23)29-28(36)30-25(14-39-29)31(44-15-20-7-8-21(16-44)40-20)42-32(41-30)46-18-33(3)17-43(5-2)11-10-34(33,37)38/h1,6,9,12-14,20-21,40,45H,5,7-8,10-11,15-18H2,2-3H3/t20-,21+,33-/m0/s1. The fraction of sp³-hybridized carbons (Fsp3) is 0.441. The molecule has 2 N–H and O–H groups in total. The first-order chi connectivity index (χ1) is 22.0. The van der Waals surface area contributed by atoms with E-state index in [1.807, 2.05) is 16.7 Å². The number of hydrogen-bond donors (Lipinski definition) is 2. The van der Waals surface area contributed by atoms with Gasteiger partial charge in [-0.05, 0) is 49.9 Å². The van der Waals surface area contributed by atoms with E-state index in [1.54, 1.807) is 0 Å². The van der Waals surface area contributed by atoms with Crippen LogP contribution in [0.4, 0.5) is 23.4 Å². The summed E-state index contributed by atoms with van der Waals surface area (Å²) in [6.07, 6.45) is 8.78. The van der Waals surface area contributed by atoms with Gasteiger partial charge >= 0.3 is 6.01 Å². The number of hydrogen-bond acceptors (Lipinski definition) is 8. The number of fused-ring (bicyclic) bond motifs is 4. The van der Waals surface area contributed by atoms with Crippen molar-refractivity contribution in [3.63, 3.8) is 0 Å². The SMILES string of the molecule is C#Cc1c(F)ccc2cc(O)cc(-c3ncc4c(N5C[C@H]6CC[C@@H](C5)N6)nc(OC[C@]5(C)CN(CC)CCC5(F)F)nc4c3F)c12. The highest BCUT2D eigenvalue weighted by Gasteiger charge is 2.54. The smallest absolute Gasteiger partial charge is 0.319 e. The maximum Gasteiger partial charge on any atom is 0.319 e. The number of likely N-dealkylation sites (tertiary alicyclic amines) is 1. The summed E-state index contributed by atoms with van der Waals surface area (Å²) in [7, 11) is 0. The minimum absolute atomic E-state index is 0.0821. The fourth-order valence-corrected chi connectivity index (χ4v) is 7.17. The van der Waals surface area contributed by atoms with Crippen molar-refractivity contribution in [2.45, 2.75) is 51.1 Å². The molecule has 0 aliphatic carbocycles. The van der Waals surface area contributed by atoms with Gasteiger partial charge in [-0.3, -0.25) is 4.98 Å². The molecule has 0 saturated carbocycles. The minimum Gasteiger partial charge on any atom is -0.508 e. The van der Waals surface area contributed by atoms with Crippen molar-refractivity contribution in [1.82, 2.24) is 25.2 Å². The number of nitrogens with zero attached hydrogens (tertiary/aromatic N) is 5. The molecule has 2 aromatic carbocycles. The van der Waals surface area contributed by atoms with Gasteiger partial charge in [0.2, 0.25) is 0 Å². The lowest BCUT2D eigenvalue weighted by molar-refractivity contribution is -0.171. The van der Waals surface area contributed by atoms with Gasteiger partial charge in [0.15, 0.2) is 5.82 Å². The predicted octanol–water partition coefficient (Wildman–Crippen LogP) is 5.50. The number of pyridine rings is 1. The normalized spacial score (nSPS) is 24.4. The molecule has 3 atom stereocenters. The topological polar surface area (TPSA) is 86.6 Å². The molecule has 0 spiro atoms. The Labute approximate surface area is 263 Å². The third-order valence-corrected chi connectivity index (χ3v) is 9.78. The molecule has 8 nitrogen and oxygen atoms in total. The van der Waals surface area contributed by atoms with Crippen molar-refractivity contribution in [2.75, 3.05) is 44.2 Å². The van der Waals surface area contributed by atoms with Crippen molar-refractivity contribution in [2.24, 2.45) is 5.41 Å². The Morgan fingerprint density at radius 3 is 2.63 bits per heavy atom. The second-order valence-electron chi connectivity index (χ2n) is 12.9. The molecule has 3 aliphatic rings. The molecule has 240 valence electrons. The molecule has 2 bridgehead atoms. The summed E-state index contributed by atoms with van der Waals surface area (Å²) in [5, 5.41) is 15.0. The summed E-state index contributed by atoms with van der Waals surface area (Å²) in [6.45, 7) is 5.29. The second-order valence-corrected chi connectivity index (χ2v) is 12.9. The molecule has 46 heavy (non-hydrogen) atoms. The van der Waals surface area contributed by atoms with Crippen LogP contribution in [-0.4, -0.2) is 82.3 Å². The van der Waals surface area contributed by atoms with Gasteiger partial charge in [0.05, 0.1) is 16.4 Å². The molecule has 3 aliphatic heterocycles. The molecule has 7 rings (SSSR count). The highest BCUT2D eigenvalue weighted by atomic mass is 19.3. The van der Waals surface area contributed by atoms with Crippen LogP contribution in [0.15, 0.2) is 30.5 Å². The third kappa shape index (κ3) is 5.06. The van der Waals surface area contributed by atoms with Crippen molar-refractivity contribution < 1.29 is 27.4 Å². The Hall–Kier alpha value is -4.21. The number of alkyl halides is 2. The molecule has 0 amide bonds. The van der Waals surface area contributed by atoms with E-state index in [1.165, 1.54) is 37.4 Å². The summed E-state index contributed by atoms with van der Waals surface area (Å²) >= 11 is 0. The number of aromatic nitrogens is 3. The van der Waals surface area contributed by atoms with Crippen LogP contribution in [0.3, 0.4) is 0 Å². The number of nitrogens with one attached hydrogen (secondary N) is 1. The molecule has 2 aromatic heterocycles. The second kappa shape index (κ2) is 11.2. The Morgan fingerprint density at radius 2 is 1.91 bits per heavy atom. The van der Waals surface area contributed by atoms with Gasteiger partial charge in [0.1, 0.15) is 35.2 Å². The predicted molar refractivity (Wildman–Crippen MR) is 167 cm³/mol. The van der Waals surface area contributed by atoms with Crippen LogP contribution in [0.25, 0.3) is 32.9 Å². The van der Waals surface area contributed by atoms with E-state index in [2.05, 4.69) is 26.2 Å². The van der Waals surface area contributed by atoms with Gasteiger partial charge in [-0.15, -0.1) is 6.42 Å². The summed E-state index contributed by atoms with van der Waals surface area (Å²) in [4.78, 5) is 17.5. The Kier molecular flexibility index (Phi) is 7.44. The Morgan fingerprint density at radius 1 is 1.15 bits per heavy atom. The number of terminal acetylenes is 1. The van der Waals surface area contributed by atoms with Crippen molar-refractivity contribution in [3.8, 4) is 35.4 Å². The first-order valence-corrected chi connectivity index (χ1v) is 15.5. The number of piperazine rings is 1. The van der Waals surface area contributed by atoms with Crippen LogP contribution in [0.1, 0.15) is 38.7 Å². The zero-order valence-corrected chi connectivity index (χ0v) is 25.6. The molecule has 12 heteroatoms. The van der Waals surface area contributed by atoms with E-state index in [-0.39, 0.29) is 77.7 Å². The van der Waals surface area contributed by atoms with Crippen molar-refractivity contribution >= 4 is 27.5 Å². The third-order valence-electron chi connectivity index (χ3n) is 9.78. The van der Waals surface area contributed by atoms with Gasteiger partial charge in [-0.2, -0.15) is 9.97 Å². The summed E-state index contributed by atoms with van der Waals surface area (Å²) in [5.41, 5.74) is -1.89. The van der Waals surface area contributed by atoms with Crippen molar-refractivity contribution in [1.29, 1.82) is 0 Å². The number of aromatic hydroxyl groups is 1. The largest absolute Gasteiger partial charge is 0.508 e. The molecule has 3 fully saturated rings. The maximum atomic E-state index is 16.7. The fourth-order valence-electron chi connectivity index (χ4n) is 7.17. The van der Waals surface area contributed by atoms with E-state index < -0.39 is 23.0 Å². The zero-order valence-electron chi connectivity index (χ0n) is 25.6. The molecule has 5 heterocycles. The van der Waals surface area contributed by atoms with Crippen LogP contribution in [0.2, 0.25) is 0 Å². The Bertz CT molecular complexity index is 1890. The number of halogens is 4. The van der Waals surface area contributed by atoms with Crippen LogP contribution in [-0.2, 0) is 0 Å². The molecule has 3 saturated heterocycles. The summed E-state index contributed by atoms with van der Waals surface area (Å²) in [5.74, 6) is -1.99. The summed E-state index contributed by atoms with van der Waals surface area (Å²) < 4.78 is 68.0. The number of rotatable bonds is 6. The maximum absolute atomic E-state index is 16.7. The summed E-state index contributed by atoms with van der Waals surface area (Å²) in [6, 6.07) is 5.53. The number of phenolic OH excluding ortho intramolecular Hbond substituents is 1. The lowest BCUT2D eigenvalue weighted by Gasteiger charge is -2.45. The van der Waals surface area contributed by atoms with E-state index in [0.29, 0.717) is 36.2 Å². The van der Waals surface area contributed by atoms with Gasteiger partial charge in [0.25, 0.3) is 5.92 Å². The first kappa shape index (κ1) is 30.4. The van der Waals surface area contributed by atoms with Gasteiger partial charge in [0, 0.05) is 61.8 Å². The molecular formula is C34H34F4N6O2. The lowest BCUT2D eigenvalue weighted by Crippen LogP contribution is -2.56. The number of phenols is 1.